The van der Waals surface area contributed by atoms with Crippen LogP contribution in [0.3, 0.4) is 0 Å². The van der Waals surface area contributed by atoms with Crippen molar-refractivity contribution in [3.8, 4) is 11.5 Å². The van der Waals surface area contributed by atoms with Crippen molar-refractivity contribution in [2.45, 2.75) is 65.2 Å². The first-order valence-corrected chi connectivity index (χ1v) is 12.8. The van der Waals surface area contributed by atoms with E-state index in [0.717, 1.165) is 31.4 Å². The molecular weight excluding hydrogens is 530 g/mol. The lowest BCUT2D eigenvalue weighted by molar-refractivity contribution is -0.191. The fourth-order valence-electron chi connectivity index (χ4n) is 6.23. The summed E-state index contributed by atoms with van der Waals surface area (Å²) >= 11 is 3.56. The number of aromatic nitrogens is 1. The largest absolute Gasteiger partial charge is 0.465 e. The summed E-state index contributed by atoms with van der Waals surface area (Å²) < 4.78 is 13.4. The zero-order valence-corrected chi connectivity index (χ0v) is 22.5. The number of carboxylic acid groups (broad SMARTS) is 1. The fraction of sp³-hybridized carbons (Fsp3) is 0.500. The maximum atomic E-state index is 13.5. The smallest absolute Gasteiger partial charge is 0.404 e. The van der Waals surface area contributed by atoms with Gasteiger partial charge < -0.3 is 29.8 Å². The van der Waals surface area contributed by atoms with Crippen molar-refractivity contribution in [1.82, 2.24) is 10.3 Å². The standard InChI is InChI=1S/C26H30BrN3O6/c1-12-6-13(2)28-22(31)19(12)30(5)23(32)17-7-18(27)21-20(14(17)3)35-25(4,36-21)15-8-26(9-15)10-16(11-26)29-24(33)34/h6-7,15-16,29H,8-11H2,1-5H3,(H,28,31)(H,33,34). The van der Waals surface area contributed by atoms with Gasteiger partial charge in [0.25, 0.3) is 17.3 Å². The summed E-state index contributed by atoms with van der Waals surface area (Å²) in [5.74, 6) is 0.0544. The number of nitrogens with one attached hydrogen (secondary N) is 2. The minimum Gasteiger partial charge on any atom is -0.465 e. The number of hydrogen-bond donors (Lipinski definition) is 3. The third-order valence-electron chi connectivity index (χ3n) is 8.04. The van der Waals surface area contributed by atoms with E-state index in [9.17, 15) is 14.4 Å². The number of rotatable bonds is 4. The normalized spacial score (nSPS) is 27.8. The number of anilines is 1. The second-order valence-corrected chi connectivity index (χ2v) is 11.6. The van der Waals surface area contributed by atoms with Crippen molar-refractivity contribution < 1.29 is 24.2 Å². The lowest BCUT2D eigenvalue weighted by Gasteiger charge is -2.59. The number of pyridine rings is 1. The first-order chi connectivity index (χ1) is 16.8. The van der Waals surface area contributed by atoms with Crippen LogP contribution in [0.25, 0.3) is 0 Å². The number of carbonyl (C=O) groups excluding carboxylic acids is 1. The summed E-state index contributed by atoms with van der Waals surface area (Å²) in [4.78, 5) is 41.1. The minimum absolute atomic E-state index is 0.0187. The molecule has 0 radical (unpaired) electrons. The van der Waals surface area contributed by atoms with Gasteiger partial charge in [0.1, 0.15) is 5.69 Å². The molecule has 3 N–H and O–H groups in total. The molecule has 2 heterocycles. The van der Waals surface area contributed by atoms with Gasteiger partial charge in [-0.15, -0.1) is 0 Å². The quantitative estimate of drug-likeness (QED) is 0.501. The van der Waals surface area contributed by atoms with Crippen molar-refractivity contribution in [3.05, 3.63) is 49.3 Å². The zero-order valence-electron chi connectivity index (χ0n) is 21.0. The second kappa shape index (κ2) is 8.26. The van der Waals surface area contributed by atoms with Crippen LogP contribution in [0.2, 0.25) is 0 Å². The number of hydrogen-bond acceptors (Lipinski definition) is 5. The van der Waals surface area contributed by atoms with Gasteiger partial charge in [0.15, 0.2) is 11.5 Å². The van der Waals surface area contributed by atoms with E-state index in [4.69, 9.17) is 14.6 Å². The summed E-state index contributed by atoms with van der Waals surface area (Å²) in [6.07, 6.45) is 2.49. The molecule has 192 valence electrons. The molecule has 5 rings (SSSR count). The summed E-state index contributed by atoms with van der Waals surface area (Å²) in [6, 6.07) is 3.57. The summed E-state index contributed by atoms with van der Waals surface area (Å²) in [5.41, 5.74) is 2.66. The lowest BCUT2D eigenvalue weighted by atomic mass is 9.48. The third kappa shape index (κ3) is 3.86. The molecule has 1 atom stereocenters. The molecule has 2 aliphatic carbocycles. The summed E-state index contributed by atoms with van der Waals surface area (Å²) in [5, 5.41) is 11.5. The molecular formula is C26H30BrN3O6. The number of carbonyl (C=O) groups is 2. The van der Waals surface area contributed by atoms with Gasteiger partial charge in [-0.1, -0.05) is 0 Å². The molecule has 2 amide bonds. The molecule has 9 nitrogen and oxygen atoms in total. The monoisotopic (exact) mass is 559 g/mol. The molecule has 1 aliphatic heterocycles. The van der Waals surface area contributed by atoms with Crippen LogP contribution in [-0.4, -0.2) is 41.0 Å². The number of ether oxygens (including phenoxy) is 2. The maximum absolute atomic E-state index is 13.5. The molecule has 0 bridgehead atoms. The Morgan fingerprint density at radius 3 is 2.39 bits per heavy atom. The van der Waals surface area contributed by atoms with E-state index in [-0.39, 0.29) is 28.8 Å². The highest BCUT2D eigenvalue weighted by Gasteiger charge is 2.61. The number of fused-ring (bicyclic) bond motifs is 1. The Balaban J connectivity index is 1.35. The predicted octanol–water partition coefficient (Wildman–Crippen LogP) is 4.65. The topological polar surface area (TPSA) is 121 Å². The lowest BCUT2D eigenvalue weighted by Crippen LogP contribution is -2.61. The van der Waals surface area contributed by atoms with Gasteiger partial charge >= 0.3 is 6.09 Å². The number of benzene rings is 1. The van der Waals surface area contributed by atoms with Gasteiger partial charge in [-0.05, 0) is 85.5 Å². The van der Waals surface area contributed by atoms with E-state index in [1.807, 2.05) is 26.8 Å². The number of aryl methyl sites for hydroxylation is 2. The van der Waals surface area contributed by atoms with Crippen molar-refractivity contribution in [2.75, 3.05) is 11.9 Å². The highest BCUT2D eigenvalue weighted by Crippen LogP contribution is 2.63. The summed E-state index contributed by atoms with van der Waals surface area (Å²) in [6.45, 7) is 7.36. The minimum atomic E-state index is -0.978. The van der Waals surface area contributed by atoms with Gasteiger partial charge in [0, 0.05) is 42.8 Å². The third-order valence-corrected chi connectivity index (χ3v) is 8.63. The van der Waals surface area contributed by atoms with E-state index >= 15 is 0 Å². The number of aromatic amines is 1. The van der Waals surface area contributed by atoms with Gasteiger partial charge in [-0.25, -0.2) is 4.79 Å². The Bertz CT molecular complexity index is 1340. The van der Waals surface area contributed by atoms with Crippen LogP contribution in [0.15, 0.2) is 21.4 Å². The number of nitrogens with zero attached hydrogens (tertiary/aromatic N) is 1. The van der Waals surface area contributed by atoms with Crippen LogP contribution in [0.4, 0.5) is 10.5 Å². The molecule has 10 heteroatoms. The van der Waals surface area contributed by atoms with Gasteiger partial charge in [0.2, 0.25) is 0 Å². The zero-order chi connectivity index (χ0) is 26.2. The number of halogens is 1. The fourth-order valence-corrected chi connectivity index (χ4v) is 6.72. The molecule has 1 aromatic carbocycles. The first kappa shape index (κ1) is 24.7. The van der Waals surface area contributed by atoms with E-state index in [0.29, 0.717) is 38.3 Å². The van der Waals surface area contributed by atoms with Gasteiger partial charge in [0.05, 0.1) is 4.47 Å². The maximum Gasteiger partial charge on any atom is 0.404 e. The molecule has 3 aliphatic rings. The molecule has 1 unspecified atom stereocenters. The van der Waals surface area contributed by atoms with E-state index in [1.165, 1.54) is 4.90 Å². The van der Waals surface area contributed by atoms with E-state index < -0.39 is 11.9 Å². The van der Waals surface area contributed by atoms with E-state index in [2.05, 4.69) is 26.2 Å². The SMILES string of the molecule is Cc1cc(C)c(N(C)C(=O)c2cc(Br)c3c(c2C)OC(C)(C2CC4(CC(NC(=O)O)C4)C2)O3)c(=O)[nH]1. The van der Waals surface area contributed by atoms with Crippen LogP contribution in [0.5, 0.6) is 11.5 Å². The Hall–Kier alpha value is -3.01. The molecule has 1 aromatic heterocycles. The number of H-pyrrole nitrogens is 1. The van der Waals surface area contributed by atoms with Gasteiger partial charge in [-0.3, -0.25) is 9.59 Å². The molecule has 2 aromatic rings. The van der Waals surface area contributed by atoms with Crippen LogP contribution in [-0.2, 0) is 0 Å². The highest BCUT2D eigenvalue weighted by molar-refractivity contribution is 9.10. The predicted molar refractivity (Wildman–Crippen MR) is 137 cm³/mol. The Labute approximate surface area is 217 Å². The van der Waals surface area contributed by atoms with Crippen molar-refractivity contribution in [1.29, 1.82) is 0 Å². The molecule has 1 spiro atoms. The Morgan fingerprint density at radius 1 is 1.14 bits per heavy atom. The Morgan fingerprint density at radius 2 is 1.78 bits per heavy atom. The molecule has 2 saturated carbocycles. The highest BCUT2D eigenvalue weighted by atomic mass is 79.9. The van der Waals surface area contributed by atoms with Crippen molar-refractivity contribution in [3.63, 3.8) is 0 Å². The Kier molecular flexibility index (Phi) is 5.66. The number of amides is 2. The average Bonchev–Trinajstić information content (AvgIpc) is 3.09. The molecule has 36 heavy (non-hydrogen) atoms. The first-order valence-electron chi connectivity index (χ1n) is 12.0. The van der Waals surface area contributed by atoms with E-state index in [1.54, 1.807) is 20.0 Å². The van der Waals surface area contributed by atoms with Crippen LogP contribution in [0, 0.1) is 32.1 Å². The van der Waals surface area contributed by atoms with Crippen LogP contribution in [0.1, 0.15) is 59.8 Å². The summed E-state index contributed by atoms with van der Waals surface area (Å²) in [7, 11) is 1.59. The van der Waals surface area contributed by atoms with Crippen molar-refractivity contribution >= 4 is 33.6 Å². The molecule has 0 saturated heterocycles. The second-order valence-electron chi connectivity index (χ2n) is 10.7. The van der Waals surface area contributed by atoms with Gasteiger partial charge in [-0.2, -0.15) is 0 Å². The van der Waals surface area contributed by atoms with Crippen LogP contribution >= 0.6 is 15.9 Å². The molecule has 2 fully saturated rings. The van der Waals surface area contributed by atoms with Crippen LogP contribution < -0.4 is 25.2 Å². The average molecular weight is 560 g/mol. The van der Waals surface area contributed by atoms with Crippen molar-refractivity contribution in [2.24, 2.45) is 11.3 Å².